The Hall–Kier alpha value is -1.64. The third kappa shape index (κ3) is 1.54. The molecule has 1 aromatic heterocycles. The Balaban J connectivity index is 1.93. The molecule has 3 nitrogen and oxygen atoms in total. The van der Waals surface area contributed by atoms with Crippen LogP contribution in [0.25, 0.3) is 10.9 Å². The minimum Gasteiger partial charge on any atom is -0.297 e. The summed E-state index contributed by atoms with van der Waals surface area (Å²) in [6, 6.07) is 7.97. The van der Waals surface area contributed by atoms with Crippen LogP contribution in [0.2, 0.25) is 0 Å². The van der Waals surface area contributed by atoms with Gasteiger partial charge in [-0.05, 0) is 18.9 Å². The van der Waals surface area contributed by atoms with Crippen molar-refractivity contribution in [1.82, 2.24) is 9.78 Å². The van der Waals surface area contributed by atoms with Gasteiger partial charge in [0.25, 0.3) is 0 Å². The monoisotopic (exact) mass is 200 g/mol. The topological polar surface area (TPSA) is 34.9 Å². The lowest BCUT2D eigenvalue weighted by Crippen LogP contribution is -2.12. The predicted molar refractivity (Wildman–Crippen MR) is 57.5 cm³/mol. The number of Topliss-reactive ketones (excluding diaryl/α,β-unsaturated/α-hetero) is 1. The normalized spacial score (nSPS) is 15.7. The van der Waals surface area contributed by atoms with Gasteiger partial charge in [-0.25, -0.2) is 0 Å². The van der Waals surface area contributed by atoms with E-state index in [0.29, 0.717) is 18.2 Å². The molecule has 0 saturated heterocycles. The highest BCUT2D eigenvalue weighted by Crippen LogP contribution is 2.30. The SMILES string of the molecule is O=C(Cn1ncc2ccccc21)C1CC1. The second-order valence-corrected chi connectivity index (χ2v) is 4.10. The number of rotatable bonds is 3. The van der Waals surface area contributed by atoms with Crippen molar-refractivity contribution < 1.29 is 4.79 Å². The van der Waals surface area contributed by atoms with Crippen molar-refractivity contribution in [3.8, 4) is 0 Å². The zero-order valence-corrected chi connectivity index (χ0v) is 8.39. The van der Waals surface area contributed by atoms with E-state index in [1.54, 1.807) is 4.68 Å². The summed E-state index contributed by atoms with van der Waals surface area (Å²) in [6.45, 7) is 0.429. The molecule has 0 bridgehead atoms. The van der Waals surface area contributed by atoms with Crippen molar-refractivity contribution >= 4 is 16.7 Å². The quantitative estimate of drug-likeness (QED) is 0.759. The van der Waals surface area contributed by atoms with Gasteiger partial charge in [0.15, 0.2) is 5.78 Å². The summed E-state index contributed by atoms with van der Waals surface area (Å²) in [6.07, 6.45) is 3.95. The molecule has 1 saturated carbocycles. The molecule has 0 atom stereocenters. The molecule has 0 N–H and O–H groups in total. The zero-order valence-electron chi connectivity index (χ0n) is 8.39. The van der Waals surface area contributed by atoms with Crippen LogP contribution < -0.4 is 0 Å². The van der Waals surface area contributed by atoms with Crippen LogP contribution in [0.5, 0.6) is 0 Å². The summed E-state index contributed by atoms with van der Waals surface area (Å²) in [7, 11) is 0. The van der Waals surface area contributed by atoms with E-state index in [0.717, 1.165) is 23.7 Å². The van der Waals surface area contributed by atoms with Gasteiger partial charge in [-0.15, -0.1) is 0 Å². The highest BCUT2D eigenvalue weighted by atomic mass is 16.1. The van der Waals surface area contributed by atoms with Crippen LogP contribution in [0.15, 0.2) is 30.5 Å². The summed E-state index contributed by atoms with van der Waals surface area (Å²) >= 11 is 0. The first kappa shape index (κ1) is 8.65. The van der Waals surface area contributed by atoms with E-state index in [1.165, 1.54) is 0 Å². The maximum Gasteiger partial charge on any atom is 0.157 e. The van der Waals surface area contributed by atoms with Gasteiger partial charge in [-0.2, -0.15) is 5.10 Å². The molecule has 1 aliphatic rings. The first-order chi connectivity index (χ1) is 7.34. The molecule has 3 rings (SSSR count). The van der Waals surface area contributed by atoms with Crippen LogP contribution >= 0.6 is 0 Å². The number of hydrogen-bond acceptors (Lipinski definition) is 2. The average Bonchev–Trinajstić information content (AvgIpc) is 3.03. The van der Waals surface area contributed by atoms with Crippen molar-refractivity contribution in [2.24, 2.45) is 5.92 Å². The van der Waals surface area contributed by atoms with Crippen LogP contribution in [0.3, 0.4) is 0 Å². The smallest absolute Gasteiger partial charge is 0.157 e. The Labute approximate surface area is 87.7 Å². The van der Waals surface area contributed by atoms with Crippen LogP contribution in [0, 0.1) is 5.92 Å². The summed E-state index contributed by atoms with van der Waals surface area (Å²) in [4.78, 5) is 11.7. The molecule has 0 amide bonds. The molecular formula is C12H12N2O. The van der Waals surface area contributed by atoms with Crippen LogP contribution in [-0.2, 0) is 11.3 Å². The van der Waals surface area contributed by atoms with E-state index in [2.05, 4.69) is 5.10 Å². The Bertz CT molecular complexity index is 511. The number of hydrogen-bond donors (Lipinski definition) is 0. The summed E-state index contributed by atoms with van der Waals surface area (Å²) < 4.78 is 1.80. The molecule has 0 spiro atoms. The van der Waals surface area contributed by atoms with Crippen LogP contribution in [-0.4, -0.2) is 15.6 Å². The number of carbonyl (C=O) groups is 1. The molecule has 76 valence electrons. The summed E-state index contributed by atoms with van der Waals surface area (Å²) in [5, 5.41) is 5.34. The Morgan fingerprint density at radius 2 is 2.20 bits per heavy atom. The number of ketones is 1. The molecule has 2 aromatic rings. The number of para-hydroxylation sites is 1. The van der Waals surface area contributed by atoms with E-state index in [9.17, 15) is 4.79 Å². The number of fused-ring (bicyclic) bond motifs is 1. The maximum atomic E-state index is 11.7. The molecule has 1 heterocycles. The number of benzene rings is 1. The lowest BCUT2D eigenvalue weighted by molar-refractivity contribution is -0.120. The molecule has 1 aromatic carbocycles. The fourth-order valence-corrected chi connectivity index (χ4v) is 1.83. The Morgan fingerprint density at radius 1 is 1.40 bits per heavy atom. The average molecular weight is 200 g/mol. The second kappa shape index (κ2) is 3.19. The zero-order chi connectivity index (χ0) is 10.3. The van der Waals surface area contributed by atoms with Crippen LogP contribution in [0.1, 0.15) is 12.8 Å². The summed E-state index contributed by atoms with van der Waals surface area (Å²) in [5.74, 6) is 0.636. The third-order valence-corrected chi connectivity index (χ3v) is 2.89. The molecular weight excluding hydrogens is 188 g/mol. The highest BCUT2D eigenvalue weighted by Gasteiger charge is 2.29. The van der Waals surface area contributed by atoms with E-state index < -0.39 is 0 Å². The molecule has 1 aliphatic carbocycles. The lowest BCUT2D eigenvalue weighted by atomic mass is 10.2. The largest absolute Gasteiger partial charge is 0.297 e. The Kier molecular flexibility index (Phi) is 1.84. The second-order valence-electron chi connectivity index (χ2n) is 4.10. The number of nitrogens with zero attached hydrogens (tertiary/aromatic N) is 2. The van der Waals surface area contributed by atoms with Crippen molar-refractivity contribution in [2.45, 2.75) is 19.4 Å². The van der Waals surface area contributed by atoms with E-state index in [1.807, 2.05) is 30.5 Å². The van der Waals surface area contributed by atoms with Gasteiger partial charge in [-0.3, -0.25) is 9.48 Å². The molecule has 3 heteroatoms. The van der Waals surface area contributed by atoms with Crippen LogP contribution in [0.4, 0.5) is 0 Å². The van der Waals surface area contributed by atoms with Gasteiger partial charge in [-0.1, -0.05) is 18.2 Å². The standard InChI is InChI=1S/C12H12N2O/c15-12(9-5-6-9)8-14-11-4-2-1-3-10(11)7-13-14/h1-4,7,9H,5-6,8H2. The number of carbonyl (C=O) groups excluding carboxylic acids is 1. The van der Waals surface area contributed by atoms with E-state index >= 15 is 0 Å². The lowest BCUT2D eigenvalue weighted by Gasteiger charge is -2.01. The minimum absolute atomic E-state index is 0.313. The first-order valence-electron chi connectivity index (χ1n) is 5.28. The van der Waals surface area contributed by atoms with Crippen molar-refractivity contribution in [2.75, 3.05) is 0 Å². The molecule has 0 unspecified atom stereocenters. The van der Waals surface area contributed by atoms with Gasteiger partial charge in [0.2, 0.25) is 0 Å². The number of aromatic nitrogens is 2. The van der Waals surface area contributed by atoms with E-state index in [4.69, 9.17) is 0 Å². The molecule has 15 heavy (non-hydrogen) atoms. The fourth-order valence-electron chi connectivity index (χ4n) is 1.83. The highest BCUT2D eigenvalue weighted by molar-refractivity contribution is 5.85. The Morgan fingerprint density at radius 3 is 3.00 bits per heavy atom. The van der Waals surface area contributed by atoms with Gasteiger partial charge in [0.05, 0.1) is 11.7 Å². The maximum absolute atomic E-state index is 11.7. The first-order valence-corrected chi connectivity index (χ1v) is 5.28. The fraction of sp³-hybridized carbons (Fsp3) is 0.333. The molecule has 0 radical (unpaired) electrons. The third-order valence-electron chi connectivity index (χ3n) is 2.89. The van der Waals surface area contributed by atoms with Crippen molar-refractivity contribution in [1.29, 1.82) is 0 Å². The molecule has 1 fully saturated rings. The van der Waals surface area contributed by atoms with Crippen molar-refractivity contribution in [3.63, 3.8) is 0 Å². The summed E-state index contributed by atoms with van der Waals surface area (Å²) in [5.41, 5.74) is 1.05. The van der Waals surface area contributed by atoms with Gasteiger partial charge in [0.1, 0.15) is 6.54 Å². The van der Waals surface area contributed by atoms with E-state index in [-0.39, 0.29) is 0 Å². The van der Waals surface area contributed by atoms with Gasteiger partial charge in [0, 0.05) is 11.3 Å². The minimum atomic E-state index is 0.313. The van der Waals surface area contributed by atoms with Gasteiger partial charge >= 0.3 is 0 Å². The molecule has 0 aliphatic heterocycles. The van der Waals surface area contributed by atoms with Gasteiger partial charge < -0.3 is 0 Å². The van der Waals surface area contributed by atoms with Crippen molar-refractivity contribution in [3.05, 3.63) is 30.5 Å². The predicted octanol–water partition coefficient (Wildman–Crippen LogP) is 2.02.